The molecule has 1 aromatic rings. The van der Waals surface area contributed by atoms with Crippen LogP contribution >= 0.6 is 15.9 Å². The number of ether oxygens (including phenoxy) is 1. The van der Waals surface area contributed by atoms with Crippen molar-refractivity contribution < 1.29 is 17.9 Å². The van der Waals surface area contributed by atoms with Gasteiger partial charge in [-0.2, -0.15) is 0 Å². The molecule has 2 unspecified atom stereocenters. The minimum atomic E-state index is -4.68. The number of nitrogens with zero attached hydrogens (tertiary/aromatic N) is 1. The number of halogens is 4. The Morgan fingerprint density at radius 2 is 2.18 bits per heavy atom. The van der Waals surface area contributed by atoms with Crippen molar-refractivity contribution in [3.8, 4) is 5.75 Å². The minimum Gasteiger partial charge on any atom is -0.405 e. The fourth-order valence-corrected chi connectivity index (χ4v) is 3.28. The van der Waals surface area contributed by atoms with Gasteiger partial charge in [0.2, 0.25) is 0 Å². The molecule has 0 spiro atoms. The second kappa shape index (κ2) is 7.19. The van der Waals surface area contributed by atoms with Crippen LogP contribution in [0.15, 0.2) is 22.7 Å². The van der Waals surface area contributed by atoms with Crippen molar-refractivity contribution in [2.75, 3.05) is 13.1 Å². The lowest BCUT2D eigenvalue weighted by Gasteiger charge is -2.34. The Hall–Kier alpha value is -0.790. The molecule has 1 fully saturated rings. The molecule has 1 aromatic carbocycles. The zero-order chi connectivity index (χ0) is 16.3. The van der Waals surface area contributed by atoms with Crippen LogP contribution in [-0.4, -0.2) is 30.4 Å². The number of hydrogen-bond donors (Lipinski definition) is 1. The summed E-state index contributed by atoms with van der Waals surface area (Å²) in [6, 6.07) is 4.86. The van der Waals surface area contributed by atoms with Crippen molar-refractivity contribution in [2.24, 2.45) is 11.7 Å². The lowest BCUT2D eigenvalue weighted by atomic mass is 9.92. The Labute approximate surface area is 136 Å². The SMILES string of the molecule is CC(N)C1CCCN(Cc2ccc(OC(F)(F)F)c(Br)c2)C1. The van der Waals surface area contributed by atoms with Crippen LogP contribution in [-0.2, 0) is 6.54 Å². The van der Waals surface area contributed by atoms with Gasteiger partial charge in [0.05, 0.1) is 4.47 Å². The van der Waals surface area contributed by atoms with E-state index >= 15 is 0 Å². The molecule has 2 atom stereocenters. The van der Waals surface area contributed by atoms with E-state index in [1.807, 2.05) is 6.92 Å². The summed E-state index contributed by atoms with van der Waals surface area (Å²) in [6.07, 6.45) is -2.44. The Kier molecular flexibility index (Phi) is 5.74. The Morgan fingerprint density at radius 3 is 2.77 bits per heavy atom. The highest BCUT2D eigenvalue weighted by Crippen LogP contribution is 2.31. The number of piperidine rings is 1. The van der Waals surface area contributed by atoms with Gasteiger partial charge in [0, 0.05) is 19.1 Å². The van der Waals surface area contributed by atoms with Gasteiger partial charge in [0.15, 0.2) is 0 Å². The van der Waals surface area contributed by atoms with Crippen LogP contribution in [0.4, 0.5) is 13.2 Å². The lowest BCUT2D eigenvalue weighted by Crippen LogP contribution is -2.41. The van der Waals surface area contributed by atoms with Crippen molar-refractivity contribution >= 4 is 15.9 Å². The summed E-state index contributed by atoms with van der Waals surface area (Å²) in [6.45, 7) is 4.64. The highest BCUT2D eigenvalue weighted by molar-refractivity contribution is 9.10. The average Bonchev–Trinajstić information content (AvgIpc) is 2.41. The number of benzene rings is 1. The van der Waals surface area contributed by atoms with Crippen LogP contribution in [0.2, 0.25) is 0 Å². The molecule has 0 aliphatic carbocycles. The molecular formula is C15H20BrF3N2O. The van der Waals surface area contributed by atoms with Crippen LogP contribution in [0.5, 0.6) is 5.75 Å². The molecule has 0 saturated carbocycles. The summed E-state index contributed by atoms with van der Waals surface area (Å²) < 4.78 is 41.0. The van der Waals surface area contributed by atoms with Gasteiger partial charge in [0.25, 0.3) is 0 Å². The minimum absolute atomic E-state index is 0.164. The molecule has 0 radical (unpaired) electrons. The molecule has 7 heteroatoms. The monoisotopic (exact) mass is 380 g/mol. The normalized spacial score (nSPS) is 21.6. The predicted molar refractivity (Wildman–Crippen MR) is 82.5 cm³/mol. The standard InChI is InChI=1S/C15H20BrF3N2O/c1-10(20)12-3-2-6-21(9-12)8-11-4-5-14(13(16)7-11)22-15(17,18)19/h4-5,7,10,12H,2-3,6,8-9,20H2,1H3. The molecule has 0 amide bonds. The van der Waals surface area contributed by atoms with Crippen LogP contribution in [0.3, 0.4) is 0 Å². The first-order chi connectivity index (χ1) is 10.2. The van der Waals surface area contributed by atoms with Gasteiger partial charge in [-0.15, -0.1) is 13.2 Å². The van der Waals surface area contributed by atoms with Gasteiger partial charge >= 0.3 is 6.36 Å². The van der Waals surface area contributed by atoms with Gasteiger partial charge < -0.3 is 10.5 Å². The third kappa shape index (κ3) is 5.14. The Bertz CT molecular complexity index is 508. The van der Waals surface area contributed by atoms with Crippen LogP contribution < -0.4 is 10.5 Å². The summed E-state index contributed by atoms with van der Waals surface area (Å²) in [4.78, 5) is 2.30. The summed E-state index contributed by atoms with van der Waals surface area (Å²) in [5.74, 6) is 0.258. The van der Waals surface area contributed by atoms with E-state index in [0.29, 0.717) is 16.9 Å². The fraction of sp³-hybridized carbons (Fsp3) is 0.600. The van der Waals surface area contributed by atoms with Crippen LogP contribution in [0.1, 0.15) is 25.3 Å². The largest absolute Gasteiger partial charge is 0.573 e. The molecule has 1 aliphatic rings. The van der Waals surface area contributed by atoms with Gasteiger partial charge in [-0.3, -0.25) is 4.90 Å². The molecule has 2 N–H and O–H groups in total. The van der Waals surface area contributed by atoms with E-state index in [2.05, 4.69) is 25.6 Å². The highest BCUT2D eigenvalue weighted by atomic mass is 79.9. The molecule has 1 aliphatic heterocycles. The maximum atomic E-state index is 12.3. The number of likely N-dealkylation sites (tertiary alicyclic amines) is 1. The zero-order valence-corrected chi connectivity index (χ0v) is 14.0. The molecular weight excluding hydrogens is 361 g/mol. The summed E-state index contributed by atoms with van der Waals surface area (Å²) in [5, 5.41) is 0. The van der Waals surface area contributed by atoms with Gasteiger partial charge in [-0.05, 0) is 65.9 Å². The summed E-state index contributed by atoms with van der Waals surface area (Å²) in [7, 11) is 0. The van der Waals surface area contributed by atoms with E-state index in [1.165, 1.54) is 6.07 Å². The third-order valence-corrected chi connectivity index (χ3v) is 4.53. The van der Waals surface area contributed by atoms with Crippen molar-refractivity contribution in [1.29, 1.82) is 0 Å². The van der Waals surface area contributed by atoms with Crippen LogP contribution in [0.25, 0.3) is 0 Å². The lowest BCUT2D eigenvalue weighted by molar-refractivity contribution is -0.274. The summed E-state index contributed by atoms with van der Waals surface area (Å²) in [5.41, 5.74) is 6.92. The Morgan fingerprint density at radius 1 is 1.45 bits per heavy atom. The predicted octanol–water partition coefficient (Wildman–Crippen LogP) is 3.91. The van der Waals surface area contributed by atoms with Gasteiger partial charge in [-0.1, -0.05) is 6.07 Å². The highest BCUT2D eigenvalue weighted by Gasteiger charge is 2.32. The smallest absolute Gasteiger partial charge is 0.405 e. The zero-order valence-electron chi connectivity index (χ0n) is 12.4. The molecule has 0 aromatic heterocycles. The first-order valence-corrected chi connectivity index (χ1v) is 8.06. The third-order valence-electron chi connectivity index (χ3n) is 3.91. The second-order valence-corrected chi connectivity index (χ2v) is 6.66. The molecule has 0 bridgehead atoms. The maximum Gasteiger partial charge on any atom is 0.573 e. The van der Waals surface area contributed by atoms with Crippen molar-refractivity contribution in [2.45, 2.75) is 38.7 Å². The van der Waals surface area contributed by atoms with Crippen LogP contribution in [0, 0.1) is 5.92 Å². The average molecular weight is 381 g/mol. The van der Waals surface area contributed by atoms with E-state index in [1.54, 1.807) is 12.1 Å². The fourth-order valence-electron chi connectivity index (χ4n) is 2.77. The molecule has 2 rings (SSSR count). The van der Waals surface area contributed by atoms with E-state index in [-0.39, 0.29) is 11.8 Å². The maximum absolute atomic E-state index is 12.3. The van der Waals surface area contributed by atoms with E-state index in [4.69, 9.17) is 5.73 Å². The van der Waals surface area contributed by atoms with E-state index in [0.717, 1.165) is 31.5 Å². The van der Waals surface area contributed by atoms with Crippen molar-refractivity contribution in [1.82, 2.24) is 4.90 Å². The van der Waals surface area contributed by atoms with Gasteiger partial charge in [0.1, 0.15) is 5.75 Å². The Balaban J connectivity index is 2.00. The molecule has 3 nitrogen and oxygen atoms in total. The van der Waals surface area contributed by atoms with E-state index < -0.39 is 6.36 Å². The first kappa shape index (κ1) is 17.6. The number of hydrogen-bond acceptors (Lipinski definition) is 3. The second-order valence-electron chi connectivity index (χ2n) is 5.81. The molecule has 1 heterocycles. The van der Waals surface area contributed by atoms with Gasteiger partial charge in [-0.25, -0.2) is 0 Å². The summed E-state index contributed by atoms with van der Waals surface area (Å²) >= 11 is 3.14. The van der Waals surface area contributed by atoms with Crippen molar-refractivity contribution in [3.63, 3.8) is 0 Å². The number of rotatable bonds is 4. The quantitative estimate of drug-likeness (QED) is 0.860. The van der Waals surface area contributed by atoms with Crippen molar-refractivity contribution in [3.05, 3.63) is 28.2 Å². The number of alkyl halides is 3. The number of nitrogens with two attached hydrogens (primary N) is 1. The topological polar surface area (TPSA) is 38.5 Å². The molecule has 22 heavy (non-hydrogen) atoms. The first-order valence-electron chi connectivity index (χ1n) is 7.26. The molecule has 124 valence electrons. The van der Waals surface area contributed by atoms with E-state index in [9.17, 15) is 13.2 Å². The molecule has 1 saturated heterocycles.